The van der Waals surface area contributed by atoms with E-state index < -0.39 is 42.3 Å². The molecule has 0 fully saturated rings. The van der Waals surface area contributed by atoms with Crippen LogP contribution >= 0.6 is 0 Å². The van der Waals surface area contributed by atoms with E-state index in [1.165, 1.54) is 0 Å². The van der Waals surface area contributed by atoms with Crippen molar-refractivity contribution in [2.75, 3.05) is 19.6 Å². The van der Waals surface area contributed by atoms with Gasteiger partial charge in [-0.15, -0.1) is 0 Å². The molecule has 29 heavy (non-hydrogen) atoms. The van der Waals surface area contributed by atoms with E-state index in [4.69, 9.17) is 16.6 Å². The van der Waals surface area contributed by atoms with Gasteiger partial charge in [-0.05, 0) is 31.4 Å². The molecule has 10 nitrogen and oxygen atoms in total. The summed E-state index contributed by atoms with van der Waals surface area (Å²) in [5, 5.41) is 16.2. The number of nitrogens with two attached hydrogens (primary N) is 2. The zero-order valence-corrected chi connectivity index (χ0v) is 16.2. The summed E-state index contributed by atoms with van der Waals surface area (Å²) in [7, 11) is 0. The number of rotatable bonds is 13. The molecule has 10 heteroatoms. The fraction of sp³-hybridized carbons (Fsp3) is 0.474. The number of unbranched alkanes of at least 4 members (excludes halogenated alkanes) is 1. The molecule has 0 aliphatic rings. The van der Waals surface area contributed by atoms with E-state index in [0.29, 0.717) is 19.4 Å². The third-order valence-corrected chi connectivity index (χ3v) is 4.11. The maximum Gasteiger partial charge on any atom is 0.322 e. The van der Waals surface area contributed by atoms with Crippen molar-refractivity contribution in [3.8, 4) is 0 Å². The van der Waals surface area contributed by atoms with Gasteiger partial charge in [0.15, 0.2) is 0 Å². The Balaban J connectivity index is 2.88. The van der Waals surface area contributed by atoms with Crippen LogP contribution in [0.15, 0.2) is 30.3 Å². The van der Waals surface area contributed by atoms with Gasteiger partial charge in [-0.25, -0.2) is 0 Å². The number of carboxylic acid groups (broad SMARTS) is 1. The van der Waals surface area contributed by atoms with Crippen molar-refractivity contribution in [2.45, 2.75) is 37.8 Å². The number of hydrogen-bond donors (Lipinski definition) is 6. The quantitative estimate of drug-likeness (QED) is 0.215. The van der Waals surface area contributed by atoms with E-state index in [1.807, 2.05) is 30.3 Å². The second-order valence-electron chi connectivity index (χ2n) is 6.47. The molecule has 0 aliphatic heterocycles. The smallest absolute Gasteiger partial charge is 0.322 e. The van der Waals surface area contributed by atoms with Crippen molar-refractivity contribution in [3.05, 3.63) is 35.9 Å². The third-order valence-electron chi connectivity index (χ3n) is 4.11. The maximum atomic E-state index is 12.8. The number of carboxylic acids is 1. The number of benzene rings is 1. The van der Waals surface area contributed by atoms with Crippen LogP contribution in [0.3, 0.4) is 0 Å². The highest BCUT2D eigenvalue weighted by atomic mass is 16.4. The predicted molar refractivity (Wildman–Crippen MR) is 107 cm³/mol. The minimum Gasteiger partial charge on any atom is -0.480 e. The summed E-state index contributed by atoms with van der Waals surface area (Å²) in [6.07, 6.45) is 1.72. The Morgan fingerprint density at radius 3 is 2.21 bits per heavy atom. The zero-order chi connectivity index (χ0) is 21.6. The Bertz CT molecular complexity index is 683. The standard InChI is InChI=1S/C19H29N5O5/c20-9-5-4-8-14(18(28)22-12-17(26)27)24-19(29)15(23-16(25)11-21)10-13-6-2-1-3-7-13/h1-3,6-7,14-15H,4-5,8-12,20-21H2,(H,22,28)(H,23,25)(H,24,29)(H,26,27). The van der Waals surface area contributed by atoms with Crippen LogP contribution in [0.2, 0.25) is 0 Å². The summed E-state index contributed by atoms with van der Waals surface area (Å²) in [6.45, 7) is -0.405. The highest BCUT2D eigenvalue weighted by Gasteiger charge is 2.26. The van der Waals surface area contributed by atoms with E-state index in [0.717, 1.165) is 5.56 Å². The molecule has 0 spiro atoms. The van der Waals surface area contributed by atoms with Crippen molar-refractivity contribution in [1.29, 1.82) is 0 Å². The molecule has 0 bridgehead atoms. The molecule has 0 aromatic heterocycles. The molecule has 1 aromatic rings. The van der Waals surface area contributed by atoms with Crippen LogP contribution in [0, 0.1) is 0 Å². The Kier molecular flexibility index (Phi) is 11.0. The Morgan fingerprint density at radius 2 is 1.62 bits per heavy atom. The third kappa shape index (κ3) is 9.67. The van der Waals surface area contributed by atoms with Gasteiger partial charge in [0, 0.05) is 6.42 Å². The van der Waals surface area contributed by atoms with Crippen molar-refractivity contribution >= 4 is 23.7 Å². The molecule has 0 radical (unpaired) electrons. The second kappa shape index (κ2) is 13.2. The summed E-state index contributed by atoms with van der Waals surface area (Å²) in [5.74, 6) is -2.86. The first-order valence-electron chi connectivity index (χ1n) is 9.40. The maximum absolute atomic E-state index is 12.8. The molecule has 1 aromatic carbocycles. The van der Waals surface area contributed by atoms with Gasteiger partial charge in [-0.3, -0.25) is 19.2 Å². The molecule has 2 unspecified atom stereocenters. The van der Waals surface area contributed by atoms with E-state index in [9.17, 15) is 19.2 Å². The molecular weight excluding hydrogens is 378 g/mol. The van der Waals surface area contributed by atoms with Gasteiger partial charge in [0.2, 0.25) is 17.7 Å². The lowest BCUT2D eigenvalue weighted by molar-refractivity contribution is -0.138. The van der Waals surface area contributed by atoms with E-state index in [2.05, 4.69) is 16.0 Å². The first-order chi connectivity index (χ1) is 13.9. The molecule has 3 amide bonds. The van der Waals surface area contributed by atoms with Crippen LogP contribution in [0.25, 0.3) is 0 Å². The molecule has 8 N–H and O–H groups in total. The average Bonchev–Trinajstić information content (AvgIpc) is 2.71. The number of carbonyl (C=O) groups excluding carboxylic acids is 3. The Labute approximate surface area is 169 Å². The molecule has 160 valence electrons. The fourth-order valence-corrected chi connectivity index (χ4v) is 2.63. The van der Waals surface area contributed by atoms with Gasteiger partial charge >= 0.3 is 5.97 Å². The number of nitrogens with one attached hydrogen (secondary N) is 3. The summed E-state index contributed by atoms with van der Waals surface area (Å²) in [6, 6.07) is 7.20. The van der Waals surface area contributed by atoms with Crippen LogP contribution in [0.1, 0.15) is 24.8 Å². The van der Waals surface area contributed by atoms with E-state index in [1.54, 1.807) is 0 Å². The normalized spacial score (nSPS) is 12.5. The lowest BCUT2D eigenvalue weighted by Gasteiger charge is -2.23. The van der Waals surface area contributed by atoms with Crippen LogP contribution in [-0.2, 0) is 25.6 Å². The van der Waals surface area contributed by atoms with Gasteiger partial charge < -0.3 is 32.5 Å². The molecular formula is C19H29N5O5. The SMILES string of the molecule is NCCCCC(NC(=O)C(Cc1ccccc1)NC(=O)CN)C(=O)NCC(=O)O. The second-order valence-corrected chi connectivity index (χ2v) is 6.47. The molecule has 0 aliphatic carbocycles. The van der Waals surface area contributed by atoms with Gasteiger partial charge in [0.1, 0.15) is 18.6 Å². The molecule has 1 rings (SSSR count). The minimum atomic E-state index is -1.19. The summed E-state index contributed by atoms with van der Waals surface area (Å²) in [5.41, 5.74) is 11.6. The monoisotopic (exact) mass is 407 g/mol. The van der Waals surface area contributed by atoms with Crippen LogP contribution < -0.4 is 27.4 Å². The van der Waals surface area contributed by atoms with E-state index in [-0.39, 0.29) is 19.4 Å². The Morgan fingerprint density at radius 1 is 0.931 bits per heavy atom. The number of carbonyl (C=O) groups is 4. The minimum absolute atomic E-state index is 0.213. The van der Waals surface area contributed by atoms with Crippen molar-refractivity contribution in [3.63, 3.8) is 0 Å². The lowest BCUT2D eigenvalue weighted by Crippen LogP contribution is -2.55. The lowest BCUT2D eigenvalue weighted by atomic mass is 10.0. The number of amides is 3. The molecule has 0 saturated carbocycles. The summed E-state index contributed by atoms with van der Waals surface area (Å²) in [4.78, 5) is 47.6. The first-order valence-corrected chi connectivity index (χ1v) is 9.40. The van der Waals surface area contributed by atoms with Crippen molar-refractivity contribution < 1.29 is 24.3 Å². The van der Waals surface area contributed by atoms with Crippen molar-refractivity contribution in [1.82, 2.24) is 16.0 Å². The largest absolute Gasteiger partial charge is 0.480 e. The summed E-state index contributed by atoms with van der Waals surface area (Å²) >= 11 is 0. The molecule has 0 heterocycles. The van der Waals surface area contributed by atoms with Crippen molar-refractivity contribution in [2.24, 2.45) is 11.5 Å². The zero-order valence-electron chi connectivity index (χ0n) is 16.2. The van der Waals surface area contributed by atoms with Crippen LogP contribution in [-0.4, -0.2) is 60.5 Å². The topological polar surface area (TPSA) is 177 Å². The van der Waals surface area contributed by atoms with Gasteiger partial charge in [-0.2, -0.15) is 0 Å². The van der Waals surface area contributed by atoms with Gasteiger partial charge in [-0.1, -0.05) is 30.3 Å². The average molecular weight is 407 g/mol. The van der Waals surface area contributed by atoms with Crippen LogP contribution in [0.5, 0.6) is 0 Å². The van der Waals surface area contributed by atoms with E-state index >= 15 is 0 Å². The fourth-order valence-electron chi connectivity index (χ4n) is 2.63. The number of aliphatic carboxylic acids is 1. The Hall–Kier alpha value is -2.98. The highest BCUT2D eigenvalue weighted by molar-refractivity contribution is 5.93. The van der Waals surface area contributed by atoms with Crippen LogP contribution in [0.4, 0.5) is 0 Å². The van der Waals surface area contributed by atoms with Gasteiger partial charge in [0.05, 0.1) is 6.54 Å². The molecule has 2 atom stereocenters. The number of hydrogen-bond acceptors (Lipinski definition) is 6. The summed E-state index contributed by atoms with van der Waals surface area (Å²) < 4.78 is 0. The van der Waals surface area contributed by atoms with Gasteiger partial charge in [0.25, 0.3) is 0 Å². The molecule has 0 saturated heterocycles. The first kappa shape index (κ1) is 24.1. The highest BCUT2D eigenvalue weighted by Crippen LogP contribution is 2.06. The predicted octanol–water partition coefficient (Wildman–Crippen LogP) is -1.51.